The molecule has 1 unspecified atom stereocenters. The van der Waals surface area contributed by atoms with Crippen molar-refractivity contribution in [3.63, 3.8) is 0 Å². The molecule has 6 nitrogen and oxygen atoms in total. The Morgan fingerprint density at radius 1 is 1.45 bits per heavy atom. The molecule has 0 rings (SSSR count). The maximum absolute atomic E-state index is 10.2. The van der Waals surface area contributed by atoms with E-state index in [0.717, 1.165) is 0 Å². The van der Waals surface area contributed by atoms with Gasteiger partial charge in [0.15, 0.2) is 6.29 Å². The van der Waals surface area contributed by atoms with Gasteiger partial charge in [-0.15, -0.1) is 0 Å². The number of carbonyl (C=O) groups is 3. The summed E-state index contributed by atoms with van der Waals surface area (Å²) in [6.07, 6.45) is 0.0525. The molecule has 0 bridgehead atoms. The van der Waals surface area contributed by atoms with Crippen molar-refractivity contribution in [3.05, 3.63) is 0 Å². The average molecular weight is 160 g/mol. The largest absolute Gasteiger partial charge is 0.481 e. The van der Waals surface area contributed by atoms with Crippen LogP contribution in [0.3, 0.4) is 0 Å². The number of carbonyl (C=O) groups excluding carboxylic acids is 2. The standard InChI is InChI=1S/C5H8N2O4/c6-5(7,2-9)3(1-8)4(10)11/h1-3H,6-7H2,(H,10,11). The van der Waals surface area contributed by atoms with Crippen molar-refractivity contribution < 1.29 is 19.5 Å². The molecule has 0 aliphatic heterocycles. The Kier molecular flexibility index (Phi) is 2.85. The van der Waals surface area contributed by atoms with Crippen LogP contribution in [0.2, 0.25) is 0 Å². The number of rotatable bonds is 4. The van der Waals surface area contributed by atoms with E-state index in [9.17, 15) is 14.4 Å². The highest BCUT2D eigenvalue weighted by Gasteiger charge is 2.36. The Bertz CT molecular complexity index is 189. The van der Waals surface area contributed by atoms with E-state index in [1.807, 2.05) is 0 Å². The summed E-state index contributed by atoms with van der Waals surface area (Å²) in [5.74, 6) is -3.21. The summed E-state index contributed by atoms with van der Waals surface area (Å²) in [6.45, 7) is 0. The van der Waals surface area contributed by atoms with Crippen LogP contribution in [-0.2, 0) is 14.4 Å². The second-order valence-corrected chi connectivity index (χ2v) is 2.07. The Labute approximate surface area is 62.2 Å². The molecule has 0 aromatic heterocycles. The fourth-order valence-electron chi connectivity index (χ4n) is 0.463. The Hall–Kier alpha value is -1.27. The second-order valence-electron chi connectivity index (χ2n) is 2.07. The third-order valence-electron chi connectivity index (χ3n) is 1.14. The number of hydrogen-bond acceptors (Lipinski definition) is 5. The van der Waals surface area contributed by atoms with E-state index in [-0.39, 0.29) is 12.6 Å². The summed E-state index contributed by atoms with van der Waals surface area (Å²) in [6, 6.07) is 0. The van der Waals surface area contributed by atoms with Crippen LogP contribution in [0.5, 0.6) is 0 Å². The SMILES string of the molecule is NC(N)(C=O)C(C=O)C(=O)O. The van der Waals surface area contributed by atoms with E-state index >= 15 is 0 Å². The highest BCUT2D eigenvalue weighted by atomic mass is 16.4. The van der Waals surface area contributed by atoms with E-state index in [4.69, 9.17) is 16.6 Å². The lowest BCUT2D eigenvalue weighted by Gasteiger charge is -2.19. The molecule has 0 heterocycles. The van der Waals surface area contributed by atoms with Crippen molar-refractivity contribution in [2.75, 3.05) is 0 Å². The molecule has 0 spiro atoms. The van der Waals surface area contributed by atoms with Crippen molar-refractivity contribution >= 4 is 18.5 Å². The van der Waals surface area contributed by atoms with Crippen molar-refractivity contribution in [2.24, 2.45) is 17.4 Å². The Morgan fingerprint density at radius 3 is 2.00 bits per heavy atom. The first-order chi connectivity index (χ1) is 4.95. The molecular weight excluding hydrogens is 152 g/mol. The molecule has 0 aliphatic carbocycles. The summed E-state index contributed by atoms with van der Waals surface area (Å²) in [5.41, 5.74) is 7.82. The van der Waals surface area contributed by atoms with Gasteiger partial charge in [0.1, 0.15) is 17.9 Å². The smallest absolute Gasteiger partial charge is 0.317 e. The highest BCUT2D eigenvalue weighted by Crippen LogP contribution is 2.02. The van der Waals surface area contributed by atoms with Crippen LogP contribution in [0.4, 0.5) is 0 Å². The van der Waals surface area contributed by atoms with Gasteiger partial charge >= 0.3 is 5.97 Å². The zero-order chi connectivity index (χ0) is 9.07. The molecule has 0 amide bonds. The van der Waals surface area contributed by atoms with E-state index in [0.29, 0.717) is 0 Å². The minimum Gasteiger partial charge on any atom is -0.481 e. The van der Waals surface area contributed by atoms with Crippen LogP contribution < -0.4 is 11.5 Å². The molecule has 11 heavy (non-hydrogen) atoms. The molecule has 0 fully saturated rings. The zero-order valence-electron chi connectivity index (χ0n) is 5.56. The van der Waals surface area contributed by atoms with Crippen molar-refractivity contribution in [1.82, 2.24) is 0 Å². The van der Waals surface area contributed by atoms with Crippen molar-refractivity contribution in [2.45, 2.75) is 5.66 Å². The maximum Gasteiger partial charge on any atom is 0.317 e. The van der Waals surface area contributed by atoms with Crippen LogP contribution in [0.15, 0.2) is 0 Å². The highest BCUT2D eigenvalue weighted by molar-refractivity contribution is 5.92. The van der Waals surface area contributed by atoms with Crippen LogP contribution in [0, 0.1) is 5.92 Å². The average Bonchev–Trinajstić information content (AvgIpc) is 1.88. The number of aliphatic carboxylic acids is 1. The fraction of sp³-hybridized carbons (Fsp3) is 0.400. The minimum atomic E-state index is -2.12. The molecule has 0 aromatic rings. The molecular formula is C5H8N2O4. The first kappa shape index (κ1) is 9.73. The molecule has 0 aliphatic rings. The van der Waals surface area contributed by atoms with Crippen LogP contribution in [0.1, 0.15) is 0 Å². The van der Waals surface area contributed by atoms with E-state index < -0.39 is 17.6 Å². The second kappa shape index (κ2) is 3.22. The van der Waals surface area contributed by atoms with Gasteiger partial charge in [-0.2, -0.15) is 0 Å². The Morgan fingerprint density at radius 2 is 1.91 bits per heavy atom. The van der Waals surface area contributed by atoms with E-state index in [1.165, 1.54) is 0 Å². The summed E-state index contributed by atoms with van der Waals surface area (Å²) >= 11 is 0. The molecule has 0 aromatic carbocycles. The van der Waals surface area contributed by atoms with E-state index in [2.05, 4.69) is 0 Å². The number of aldehydes is 2. The molecule has 5 N–H and O–H groups in total. The third-order valence-corrected chi connectivity index (χ3v) is 1.14. The Balaban J connectivity index is 4.62. The van der Waals surface area contributed by atoms with Gasteiger partial charge in [-0.05, 0) is 0 Å². The van der Waals surface area contributed by atoms with Gasteiger partial charge in [-0.1, -0.05) is 0 Å². The lowest BCUT2D eigenvalue weighted by molar-refractivity contribution is -0.147. The lowest BCUT2D eigenvalue weighted by atomic mass is 9.97. The molecule has 0 saturated carbocycles. The molecule has 0 saturated heterocycles. The van der Waals surface area contributed by atoms with Crippen LogP contribution in [0.25, 0.3) is 0 Å². The summed E-state index contributed by atoms with van der Waals surface area (Å²) in [7, 11) is 0. The van der Waals surface area contributed by atoms with Gasteiger partial charge in [0.2, 0.25) is 0 Å². The quantitative estimate of drug-likeness (QED) is 0.241. The first-order valence-electron chi connectivity index (χ1n) is 2.68. The number of nitrogens with two attached hydrogens (primary N) is 2. The van der Waals surface area contributed by atoms with Gasteiger partial charge in [-0.25, -0.2) is 0 Å². The third kappa shape index (κ3) is 2.10. The summed E-state index contributed by atoms with van der Waals surface area (Å²) in [4.78, 5) is 30.3. The van der Waals surface area contributed by atoms with Crippen LogP contribution >= 0.6 is 0 Å². The van der Waals surface area contributed by atoms with Crippen molar-refractivity contribution in [3.8, 4) is 0 Å². The summed E-state index contributed by atoms with van der Waals surface area (Å²) in [5, 5.41) is 8.29. The number of carboxylic acids is 1. The number of carboxylic acid groups (broad SMARTS) is 1. The zero-order valence-corrected chi connectivity index (χ0v) is 5.56. The molecule has 1 atom stereocenters. The fourth-order valence-corrected chi connectivity index (χ4v) is 0.463. The van der Waals surface area contributed by atoms with Gasteiger partial charge in [0.05, 0.1) is 0 Å². The lowest BCUT2D eigenvalue weighted by Crippen LogP contribution is -2.60. The normalized spacial score (nSPS) is 13.6. The summed E-state index contributed by atoms with van der Waals surface area (Å²) < 4.78 is 0. The van der Waals surface area contributed by atoms with Gasteiger partial charge in [0.25, 0.3) is 0 Å². The molecule has 0 radical (unpaired) electrons. The van der Waals surface area contributed by atoms with Gasteiger partial charge < -0.3 is 21.4 Å². The number of hydrogen-bond donors (Lipinski definition) is 3. The minimum absolute atomic E-state index is 0.0245. The monoisotopic (exact) mass is 160 g/mol. The molecule has 62 valence electrons. The topological polar surface area (TPSA) is 123 Å². The molecule has 6 heteroatoms. The predicted molar refractivity (Wildman–Crippen MR) is 34.4 cm³/mol. The maximum atomic E-state index is 10.2. The predicted octanol–water partition coefficient (Wildman–Crippen LogP) is -2.30. The van der Waals surface area contributed by atoms with E-state index in [1.54, 1.807) is 0 Å². The van der Waals surface area contributed by atoms with Crippen LogP contribution in [-0.4, -0.2) is 29.3 Å². The van der Waals surface area contributed by atoms with Crippen molar-refractivity contribution in [1.29, 1.82) is 0 Å². The van der Waals surface area contributed by atoms with Gasteiger partial charge in [0, 0.05) is 0 Å². The first-order valence-corrected chi connectivity index (χ1v) is 2.68. The van der Waals surface area contributed by atoms with Gasteiger partial charge in [-0.3, -0.25) is 9.59 Å².